The van der Waals surface area contributed by atoms with E-state index in [1.807, 2.05) is 12.1 Å². The van der Waals surface area contributed by atoms with Crippen molar-refractivity contribution in [2.24, 2.45) is 5.92 Å². The van der Waals surface area contributed by atoms with Crippen LogP contribution in [-0.2, 0) is 14.8 Å². The predicted molar refractivity (Wildman–Crippen MR) is 82.4 cm³/mol. The molecule has 2 aliphatic heterocycles. The Balaban J connectivity index is 1.69. The van der Waals surface area contributed by atoms with Gasteiger partial charge in [0.05, 0.1) is 0 Å². The van der Waals surface area contributed by atoms with Crippen LogP contribution in [0.5, 0.6) is 0 Å². The molecule has 6 nitrogen and oxygen atoms in total. The normalized spacial score (nSPS) is 27.2. The number of hydrogen-bond acceptors (Lipinski definition) is 4. The molecule has 1 aromatic carbocycles. The number of carbonyl (C=O) groups is 1. The minimum Gasteiger partial charge on any atom is -0.481 e. The quantitative estimate of drug-likeness (QED) is 0.907. The second kappa shape index (κ2) is 4.82. The first kappa shape index (κ1) is 14.7. The molecule has 0 amide bonds. The van der Waals surface area contributed by atoms with E-state index in [4.69, 9.17) is 9.52 Å². The van der Waals surface area contributed by atoms with E-state index in [9.17, 15) is 13.2 Å². The summed E-state index contributed by atoms with van der Waals surface area (Å²) in [5.74, 6) is -0.557. The number of carboxylic acids is 1. The molecule has 3 fully saturated rings. The third kappa shape index (κ3) is 2.18. The molecule has 0 unspecified atom stereocenters. The third-order valence-corrected chi connectivity index (χ3v) is 6.87. The lowest BCUT2D eigenvalue weighted by molar-refractivity contribution is -0.137. The average molecular weight is 335 g/mol. The fraction of sp³-hybridized carbons (Fsp3) is 0.438. The number of fused-ring (bicyclic) bond motifs is 2. The van der Waals surface area contributed by atoms with Crippen LogP contribution in [0.15, 0.2) is 39.8 Å². The van der Waals surface area contributed by atoms with Crippen LogP contribution >= 0.6 is 0 Å². The van der Waals surface area contributed by atoms with E-state index < -0.39 is 21.5 Å². The van der Waals surface area contributed by atoms with E-state index in [0.717, 1.165) is 18.2 Å². The van der Waals surface area contributed by atoms with Crippen molar-refractivity contribution in [2.75, 3.05) is 6.54 Å². The number of hydrogen-bond donors (Lipinski definition) is 1. The molecule has 0 atom stereocenters. The van der Waals surface area contributed by atoms with Crippen LogP contribution in [0.25, 0.3) is 11.0 Å². The second-order valence-corrected chi connectivity index (χ2v) is 8.33. The van der Waals surface area contributed by atoms with Crippen molar-refractivity contribution < 1.29 is 22.7 Å². The molecule has 7 heteroatoms. The molecule has 0 radical (unpaired) electrons. The Morgan fingerprint density at radius 3 is 2.78 bits per heavy atom. The molecule has 23 heavy (non-hydrogen) atoms. The smallest absolute Gasteiger partial charge is 0.303 e. The Labute approximate surface area is 133 Å². The topological polar surface area (TPSA) is 87.8 Å². The maximum atomic E-state index is 13.0. The second-order valence-electron chi connectivity index (χ2n) is 6.53. The molecule has 2 aromatic rings. The summed E-state index contributed by atoms with van der Waals surface area (Å²) in [7, 11) is -3.74. The Bertz CT molecular complexity index is 846. The lowest BCUT2D eigenvalue weighted by Gasteiger charge is -2.41. The van der Waals surface area contributed by atoms with Gasteiger partial charge in [0, 0.05) is 30.0 Å². The van der Waals surface area contributed by atoms with Gasteiger partial charge in [-0.25, -0.2) is 8.42 Å². The summed E-state index contributed by atoms with van der Waals surface area (Å²) in [6, 6.07) is 8.71. The molecule has 2 bridgehead atoms. The van der Waals surface area contributed by atoms with Crippen LogP contribution in [0.2, 0.25) is 0 Å². The van der Waals surface area contributed by atoms with Crippen LogP contribution in [0.4, 0.5) is 0 Å². The van der Waals surface area contributed by atoms with Gasteiger partial charge in [-0.3, -0.25) is 4.79 Å². The van der Waals surface area contributed by atoms with Gasteiger partial charge in [-0.15, -0.1) is 0 Å². The molecule has 0 spiro atoms. The van der Waals surface area contributed by atoms with Crippen molar-refractivity contribution in [3.05, 3.63) is 30.3 Å². The van der Waals surface area contributed by atoms with E-state index in [1.165, 1.54) is 4.31 Å². The number of carboxylic acid groups (broad SMARTS) is 1. The molecule has 2 saturated heterocycles. The summed E-state index contributed by atoms with van der Waals surface area (Å²) >= 11 is 0. The Hall–Kier alpha value is -1.86. The molecule has 1 aromatic heterocycles. The van der Waals surface area contributed by atoms with Gasteiger partial charge >= 0.3 is 5.97 Å². The van der Waals surface area contributed by atoms with Gasteiger partial charge in [-0.05, 0) is 31.2 Å². The summed E-state index contributed by atoms with van der Waals surface area (Å²) in [6.07, 6.45) is 1.84. The number of para-hydroxylation sites is 1. The SMILES string of the molecule is O=C(O)CCC12CC(CN1S(=O)(=O)c1cc3ccccc3o1)C2. The Morgan fingerprint density at radius 1 is 1.35 bits per heavy atom. The monoisotopic (exact) mass is 335 g/mol. The third-order valence-electron chi connectivity index (χ3n) is 5.04. The highest BCUT2D eigenvalue weighted by Crippen LogP contribution is 2.55. The van der Waals surface area contributed by atoms with Gasteiger partial charge < -0.3 is 9.52 Å². The van der Waals surface area contributed by atoms with Gasteiger partial charge in [-0.1, -0.05) is 18.2 Å². The fourth-order valence-electron chi connectivity index (χ4n) is 3.99. The fourth-order valence-corrected chi connectivity index (χ4v) is 5.84. The highest BCUT2D eigenvalue weighted by molar-refractivity contribution is 7.89. The first-order valence-electron chi connectivity index (χ1n) is 7.64. The number of benzene rings is 1. The maximum Gasteiger partial charge on any atom is 0.303 e. The standard InChI is InChI=1S/C16H17NO5S/c18-14(19)5-6-16-8-11(9-16)10-17(16)23(20,21)15-7-12-3-1-2-4-13(12)22-15/h1-4,7,11H,5-6,8-10H2,(H,18,19). The van der Waals surface area contributed by atoms with Gasteiger partial charge in [0.25, 0.3) is 10.0 Å². The van der Waals surface area contributed by atoms with Crippen molar-refractivity contribution in [3.8, 4) is 0 Å². The maximum absolute atomic E-state index is 13.0. The van der Waals surface area contributed by atoms with E-state index in [-0.39, 0.29) is 11.5 Å². The zero-order chi connectivity index (χ0) is 16.2. The summed E-state index contributed by atoms with van der Waals surface area (Å²) in [5, 5.41) is 9.61. The lowest BCUT2D eigenvalue weighted by Crippen LogP contribution is -2.48. The number of furan rings is 1. The number of nitrogens with zero attached hydrogens (tertiary/aromatic N) is 1. The summed E-state index contributed by atoms with van der Waals surface area (Å²) in [4.78, 5) is 10.9. The molecule has 1 saturated carbocycles. The van der Waals surface area contributed by atoms with Gasteiger partial charge in [-0.2, -0.15) is 4.31 Å². The number of rotatable bonds is 5. The minimum absolute atomic E-state index is 0.0150. The van der Waals surface area contributed by atoms with Crippen LogP contribution in [-0.4, -0.2) is 35.9 Å². The average Bonchev–Trinajstić information content (AvgIpc) is 3.15. The molecule has 3 aliphatic rings. The van der Waals surface area contributed by atoms with Crippen LogP contribution in [0.3, 0.4) is 0 Å². The predicted octanol–water partition coefficient (Wildman–Crippen LogP) is 2.45. The van der Waals surface area contributed by atoms with Gasteiger partial charge in [0.15, 0.2) is 0 Å². The van der Waals surface area contributed by atoms with Crippen molar-refractivity contribution in [2.45, 2.75) is 36.3 Å². The molecule has 1 N–H and O–H groups in total. The van der Waals surface area contributed by atoms with Crippen LogP contribution in [0.1, 0.15) is 25.7 Å². The van der Waals surface area contributed by atoms with E-state index >= 15 is 0 Å². The zero-order valence-electron chi connectivity index (χ0n) is 12.4. The first-order chi connectivity index (χ1) is 10.9. The molecule has 3 heterocycles. The highest BCUT2D eigenvalue weighted by atomic mass is 32.2. The van der Waals surface area contributed by atoms with E-state index in [1.54, 1.807) is 18.2 Å². The van der Waals surface area contributed by atoms with Crippen molar-refractivity contribution in [3.63, 3.8) is 0 Å². The van der Waals surface area contributed by atoms with Crippen molar-refractivity contribution >= 4 is 27.0 Å². The summed E-state index contributed by atoms with van der Waals surface area (Å²) in [6.45, 7) is 0.457. The lowest BCUT2D eigenvalue weighted by atomic mass is 9.71. The van der Waals surface area contributed by atoms with E-state index in [2.05, 4.69) is 0 Å². The zero-order valence-corrected chi connectivity index (χ0v) is 13.3. The van der Waals surface area contributed by atoms with Gasteiger partial charge in [0.1, 0.15) is 5.58 Å². The van der Waals surface area contributed by atoms with Crippen LogP contribution < -0.4 is 0 Å². The highest BCUT2D eigenvalue weighted by Gasteiger charge is 2.60. The van der Waals surface area contributed by atoms with Crippen LogP contribution in [0, 0.1) is 5.92 Å². The summed E-state index contributed by atoms with van der Waals surface area (Å²) < 4.78 is 33.0. The Kier molecular flexibility index (Phi) is 3.08. The number of sulfonamides is 1. The van der Waals surface area contributed by atoms with E-state index in [0.29, 0.717) is 24.5 Å². The van der Waals surface area contributed by atoms with Crippen molar-refractivity contribution in [1.82, 2.24) is 4.31 Å². The first-order valence-corrected chi connectivity index (χ1v) is 9.08. The minimum atomic E-state index is -3.74. The Morgan fingerprint density at radius 2 is 2.09 bits per heavy atom. The molecule has 5 rings (SSSR count). The van der Waals surface area contributed by atoms with Crippen molar-refractivity contribution in [1.29, 1.82) is 0 Å². The molecule has 122 valence electrons. The molecule has 1 aliphatic carbocycles. The summed E-state index contributed by atoms with van der Waals surface area (Å²) in [5.41, 5.74) is -0.00173. The molecular weight excluding hydrogens is 318 g/mol. The molecular formula is C16H17NO5S. The number of aliphatic carboxylic acids is 1. The largest absolute Gasteiger partial charge is 0.481 e. The van der Waals surface area contributed by atoms with Gasteiger partial charge in [0.2, 0.25) is 5.09 Å².